The summed E-state index contributed by atoms with van der Waals surface area (Å²) in [6.45, 7) is 6.39. The van der Waals surface area contributed by atoms with Gasteiger partial charge in [0.1, 0.15) is 6.61 Å². The summed E-state index contributed by atoms with van der Waals surface area (Å²) in [6, 6.07) is 10.8. The van der Waals surface area contributed by atoms with Crippen molar-refractivity contribution in [2.75, 3.05) is 23.7 Å². The number of anilines is 1. The molecule has 0 aromatic heterocycles. The fraction of sp³-hybridized carbons (Fsp3) is 0.409. The molecule has 6 nitrogen and oxygen atoms in total. The SMILES string of the molecule is CC(C)(C)C(COc1ccccc1F)NC(=O)c1ccc2c(c1)CCN2S(C)(=O)=O. The number of para-hydroxylation sites is 1. The fourth-order valence-corrected chi connectivity index (χ4v) is 4.30. The maximum Gasteiger partial charge on any atom is 0.251 e. The number of halogens is 1. The van der Waals surface area contributed by atoms with Gasteiger partial charge in [0.2, 0.25) is 10.0 Å². The number of ether oxygens (including phenoxy) is 1. The summed E-state index contributed by atoms with van der Waals surface area (Å²) in [4.78, 5) is 12.9. The Hall–Kier alpha value is -2.61. The minimum atomic E-state index is -3.34. The Balaban J connectivity index is 1.74. The molecule has 1 atom stereocenters. The van der Waals surface area contributed by atoms with Crippen LogP contribution >= 0.6 is 0 Å². The van der Waals surface area contributed by atoms with E-state index in [1.807, 2.05) is 20.8 Å². The predicted octanol–water partition coefficient (Wildman–Crippen LogP) is 3.37. The van der Waals surface area contributed by atoms with Crippen LogP contribution in [0.15, 0.2) is 42.5 Å². The van der Waals surface area contributed by atoms with E-state index in [9.17, 15) is 17.6 Å². The summed E-state index contributed by atoms with van der Waals surface area (Å²) >= 11 is 0. The minimum Gasteiger partial charge on any atom is -0.488 e. The molecule has 2 aromatic carbocycles. The highest BCUT2D eigenvalue weighted by molar-refractivity contribution is 7.92. The summed E-state index contributed by atoms with van der Waals surface area (Å²) in [5, 5.41) is 2.98. The lowest BCUT2D eigenvalue weighted by Gasteiger charge is -2.31. The maximum absolute atomic E-state index is 13.8. The number of sulfonamides is 1. The zero-order valence-corrected chi connectivity index (χ0v) is 18.4. The average Bonchev–Trinajstić information content (AvgIpc) is 3.08. The van der Waals surface area contributed by atoms with Crippen LogP contribution in [0.5, 0.6) is 5.75 Å². The lowest BCUT2D eigenvalue weighted by Crippen LogP contribution is -2.47. The molecule has 0 saturated heterocycles. The molecule has 1 aliphatic heterocycles. The third-order valence-corrected chi connectivity index (χ3v) is 6.37. The number of carbonyl (C=O) groups is 1. The van der Waals surface area contributed by atoms with Crippen molar-refractivity contribution in [1.82, 2.24) is 5.32 Å². The molecular formula is C22H27FN2O4S. The van der Waals surface area contributed by atoms with Crippen LogP contribution in [-0.4, -0.2) is 39.8 Å². The average molecular weight is 435 g/mol. The third kappa shape index (κ3) is 4.92. The molecular weight excluding hydrogens is 407 g/mol. The molecule has 1 amide bonds. The Bertz CT molecular complexity index is 1050. The van der Waals surface area contributed by atoms with Gasteiger partial charge in [-0.25, -0.2) is 12.8 Å². The topological polar surface area (TPSA) is 75.7 Å². The van der Waals surface area contributed by atoms with Crippen LogP contribution in [0, 0.1) is 11.2 Å². The molecule has 30 heavy (non-hydrogen) atoms. The molecule has 162 valence electrons. The van der Waals surface area contributed by atoms with Gasteiger partial charge in [-0.3, -0.25) is 9.10 Å². The molecule has 1 heterocycles. The van der Waals surface area contributed by atoms with Gasteiger partial charge in [0, 0.05) is 12.1 Å². The Kier molecular flexibility index (Phi) is 6.08. The van der Waals surface area contributed by atoms with E-state index < -0.39 is 15.8 Å². The summed E-state index contributed by atoms with van der Waals surface area (Å²) in [6.07, 6.45) is 1.73. The van der Waals surface area contributed by atoms with Crippen molar-refractivity contribution in [2.24, 2.45) is 5.41 Å². The second kappa shape index (κ2) is 8.26. The van der Waals surface area contributed by atoms with E-state index in [-0.39, 0.29) is 29.7 Å². The summed E-state index contributed by atoms with van der Waals surface area (Å²) in [7, 11) is -3.34. The van der Waals surface area contributed by atoms with Crippen LogP contribution in [0.3, 0.4) is 0 Å². The van der Waals surface area contributed by atoms with E-state index in [4.69, 9.17) is 4.74 Å². The van der Waals surface area contributed by atoms with Crippen molar-refractivity contribution in [3.8, 4) is 5.75 Å². The highest BCUT2D eigenvalue weighted by atomic mass is 32.2. The number of amides is 1. The third-order valence-electron chi connectivity index (χ3n) is 5.19. The number of nitrogens with zero attached hydrogens (tertiary/aromatic N) is 1. The van der Waals surface area contributed by atoms with Gasteiger partial charge in [-0.15, -0.1) is 0 Å². The molecule has 1 aliphatic rings. The first-order valence-electron chi connectivity index (χ1n) is 9.75. The summed E-state index contributed by atoms with van der Waals surface area (Å²) in [5.41, 5.74) is 1.56. The molecule has 0 radical (unpaired) electrons. The lowest BCUT2D eigenvalue weighted by molar-refractivity contribution is 0.0860. The second-order valence-electron chi connectivity index (χ2n) is 8.56. The Labute approximate surface area is 177 Å². The van der Waals surface area contributed by atoms with Gasteiger partial charge in [0.25, 0.3) is 5.91 Å². The second-order valence-corrected chi connectivity index (χ2v) is 10.5. The van der Waals surface area contributed by atoms with E-state index in [1.165, 1.54) is 16.6 Å². The van der Waals surface area contributed by atoms with Gasteiger partial charge in [-0.05, 0) is 47.7 Å². The Morgan fingerprint density at radius 2 is 1.93 bits per heavy atom. The van der Waals surface area contributed by atoms with Crippen LogP contribution in [0.1, 0.15) is 36.7 Å². The van der Waals surface area contributed by atoms with Crippen molar-refractivity contribution in [1.29, 1.82) is 0 Å². The van der Waals surface area contributed by atoms with E-state index in [2.05, 4.69) is 5.32 Å². The van der Waals surface area contributed by atoms with Crippen LogP contribution in [-0.2, 0) is 16.4 Å². The van der Waals surface area contributed by atoms with Gasteiger partial charge in [0.15, 0.2) is 11.6 Å². The van der Waals surface area contributed by atoms with Crippen molar-refractivity contribution in [3.05, 3.63) is 59.4 Å². The smallest absolute Gasteiger partial charge is 0.251 e. The molecule has 2 aromatic rings. The lowest BCUT2D eigenvalue weighted by atomic mass is 9.87. The van der Waals surface area contributed by atoms with Crippen LogP contribution in [0.25, 0.3) is 0 Å². The number of fused-ring (bicyclic) bond motifs is 1. The molecule has 0 aliphatic carbocycles. The number of hydrogen-bond donors (Lipinski definition) is 1. The first-order chi connectivity index (χ1) is 14.0. The van der Waals surface area contributed by atoms with Gasteiger partial charge in [-0.1, -0.05) is 32.9 Å². The highest BCUT2D eigenvalue weighted by Crippen LogP contribution is 2.31. The standard InChI is InChI=1S/C22H27FN2O4S/c1-22(2,3)20(14-29-19-8-6-5-7-17(19)23)24-21(26)16-9-10-18-15(13-16)11-12-25(18)30(4,27)28/h5-10,13,20H,11-12,14H2,1-4H3,(H,24,26). The number of benzene rings is 2. The van der Waals surface area contributed by atoms with Gasteiger partial charge in [0.05, 0.1) is 18.0 Å². The van der Waals surface area contributed by atoms with Crippen molar-refractivity contribution < 1.29 is 22.3 Å². The summed E-state index contributed by atoms with van der Waals surface area (Å²) in [5.74, 6) is -0.599. The molecule has 1 unspecified atom stereocenters. The fourth-order valence-electron chi connectivity index (χ4n) is 3.34. The van der Waals surface area contributed by atoms with Crippen LogP contribution in [0.4, 0.5) is 10.1 Å². The highest BCUT2D eigenvalue weighted by Gasteiger charge is 2.30. The molecule has 8 heteroatoms. The van der Waals surface area contributed by atoms with Crippen molar-refractivity contribution in [2.45, 2.75) is 33.2 Å². The molecule has 0 fully saturated rings. The number of hydrogen-bond acceptors (Lipinski definition) is 4. The largest absolute Gasteiger partial charge is 0.488 e. The predicted molar refractivity (Wildman–Crippen MR) is 115 cm³/mol. The number of nitrogens with one attached hydrogen (secondary N) is 1. The van der Waals surface area contributed by atoms with E-state index in [0.717, 1.165) is 5.56 Å². The molecule has 0 bridgehead atoms. The molecule has 1 N–H and O–H groups in total. The van der Waals surface area contributed by atoms with E-state index in [1.54, 1.807) is 36.4 Å². The Morgan fingerprint density at radius 3 is 2.57 bits per heavy atom. The number of rotatable bonds is 6. The van der Waals surface area contributed by atoms with Gasteiger partial charge >= 0.3 is 0 Å². The summed E-state index contributed by atoms with van der Waals surface area (Å²) < 4.78 is 44.6. The maximum atomic E-state index is 13.8. The van der Waals surface area contributed by atoms with Crippen molar-refractivity contribution >= 4 is 21.6 Å². The first-order valence-corrected chi connectivity index (χ1v) is 11.6. The zero-order valence-electron chi connectivity index (χ0n) is 17.6. The van der Waals surface area contributed by atoms with Crippen molar-refractivity contribution in [3.63, 3.8) is 0 Å². The van der Waals surface area contributed by atoms with E-state index in [0.29, 0.717) is 24.2 Å². The zero-order chi connectivity index (χ0) is 22.1. The normalized spacial score (nSPS) is 14.9. The molecule has 0 saturated carbocycles. The molecule has 0 spiro atoms. The van der Waals surface area contributed by atoms with Crippen LogP contribution < -0.4 is 14.4 Å². The monoisotopic (exact) mass is 434 g/mol. The van der Waals surface area contributed by atoms with E-state index >= 15 is 0 Å². The number of carbonyl (C=O) groups excluding carboxylic acids is 1. The van der Waals surface area contributed by atoms with Gasteiger partial charge < -0.3 is 10.1 Å². The van der Waals surface area contributed by atoms with Gasteiger partial charge in [-0.2, -0.15) is 0 Å². The first kappa shape index (κ1) is 22.1. The minimum absolute atomic E-state index is 0.114. The van der Waals surface area contributed by atoms with Crippen LogP contribution in [0.2, 0.25) is 0 Å². The molecule has 3 rings (SSSR count). The Morgan fingerprint density at radius 1 is 1.23 bits per heavy atom. The quantitative estimate of drug-likeness (QED) is 0.756.